The molecule has 0 unspecified atom stereocenters. The van der Waals surface area contributed by atoms with Crippen molar-refractivity contribution in [1.82, 2.24) is 0 Å². The zero-order chi connectivity index (χ0) is 9.90. The number of furan rings is 1. The molecule has 0 bridgehead atoms. The van der Waals surface area contributed by atoms with Crippen LogP contribution < -0.4 is 5.73 Å². The SMILES string of the molecule is CC(C)(N)CSCc1ccc(Cl)o1. The van der Waals surface area contributed by atoms with Crippen molar-refractivity contribution in [2.45, 2.75) is 25.1 Å². The van der Waals surface area contributed by atoms with Crippen molar-refractivity contribution in [2.75, 3.05) is 5.75 Å². The summed E-state index contributed by atoms with van der Waals surface area (Å²) in [6, 6.07) is 3.64. The molecule has 0 amide bonds. The van der Waals surface area contributed by atoms with Crippen molar-refractivity contribution >= 4 is 23.4 Å². The molecule has 0 aliphatic heterocycles. The Balaban J connectivity index is 2.28. The van der Waals surface area contributed by atoms with Crippen LogP contribution in [0.4, 0.5) is 0 Å². The molecule has 0 aromatic carbocycles. The van der Waals surface area contributed by atoms with Gasteiger partial charge < -0.3 is 10.2 Å². The van der Waals surface area contributed by atoms with Crippen molar-refractivity contribution in [3.05, 3.63) is 23.1 Å². The van der Waals surface area contributed by atoms with E-state index in [2.05, 4.69) is 0 Å². The Labute approximate surface area is 87.8 Å². The molecule has 1 heterocycles. The van der Waals surface area contributed by atoms with Crippen molar-refractivity contribution in [2.24, 2.45) is 5.73 Å². The lowest BCUT2D eigenvalue weighted by molar-refractivity contribution is 0.531. The number of hydrogen-bond donors (Lipinski definition) is 1. The molecule has 4 heteroatoms. The number of halogens is 1. The van der Waals surface area contributed by atoms with Crippen LogP contribution in [0.1, 0.15) is 19.6 Å². The molecular weight excluding hydrogens is 206 g/mol. The van der Waals surface area contributed by atoms with Crippen molar-refractivity contribution in [1.29, 1.82) is 0 Å². The summed E-state index contributed by atoms with van der Waals surface area (Å²) in [4.78, 5) is 0. The maximum Gasteiger partial charge on any atom is 0.193 e. The Hall–Kier alpha value is -0.120. The van der Waals surface area contributed by atoms with Gasteiger partial charge in [0.05, 0.1) is 5.75 Å². The summed E-state index contributed by atoms with van der Waals surface area (Å²) in [5.74, 6) is 2.64. The van der Waals surface area contributed by atoms with Crippen LogP contribution in [-0.2, 0) is 5.75 Å². The number of rotatable bonds is 4. The van der Waals surface area contributed by atoms with E-state index >= 15 is 0 Å². The quantitative estimate of drug-likeness (QED) is 0.847. The number of thioether (sulfide) groups is 1. The van der Waals surface area contributed by atoms with Crippen LogP contribution in [0, 0.1) is 0 Å². The summed E-state index contributed by atoms with van der Waals surface area (Å²) in [6.07, 6.45) is 0. The highest BCUT2D eigenvalue weighted by Crippen LogP contribution is 2.20. The second kappa shape index (κ2) is 4.40. The maximum absolute atomic E-state index is 5.83. The fraction of sp³-hybridized carbons (Fsp3) is 0.556. The Morgan fingerprint density at radius 2 is 2.23 bits per heavy atom. The molecule has 13 heavy (non-hydrogen) atoms. The van der Waals surface area contributed by atoms with Gasteiger partial charge in [0, 0.05) is 11.3 Å². The van der Waals surface area contributed by atoms with Crippen LogP contribution in [0.15, 0.2) is 16.5 Å². The summed E-state index contributed by atoms with van der Waals surface area (Å²) in [5.41, 5.74) is 5.70. The molecule has 0 saturated carbocycles. The molecule has 0 fully saturated rings. The molecule has 1 aromatic rings. The molecule has 0 spiro atoms. The smallest absolute Gasteiger partial charge is 0.193 e. The molecule has 0 saturated heterocycles. The van der Waals surface area contributed by atoms with Gasteiger partial charge in [0.2, 0.25) is 0 Å². The second-order valence-electron chi connectivity index (χ2n) is 3.69. The van der Waals surface area contributed by atoms with Crippen molar-refractivity contribution in [3.63, 3.8) is 0 Å². The largest absolute Gasteiger partial charge is 0.449 e. The average Bonchev–Trinajstić information content (AvgIpc) is 2.33. The first kappa shape index (κ1) is 11.0. The van der Waals surface area contributed by atoms with E-state index in [0.29, 0.717) is 5.22 Å². The summed E-state index contributed by atoms with van der Waals surface area (Å²) in [6.45, 7) is 4.02. The number of hydrogen-bond acceptors (Lipinski definition) is 3. The molecule has 74 valence electrons. The van der Waals surface area contributed by atoms with Crippen molar-refractivity contribution < 1.29 is 4.42 Å². The van der Waals surface area contributed by atoms with E-state index in [1.807, 2.05) is 19.9 Å². The molecule has 2 N–H and O–H groups in total. The van der Waals surface area contributed by atoms with E-state index in [4.69, 9.17) is 21.8 Å². The van der Waals surface area contributed by atoms with E-state index in [-0.39, 0.29) is 5.54 Å². The second-order valence-corrected chi connectivity index (χ2v) is 5.05. The first-order chi connectivity index (χ1) is 5.97. The standard InChI is InChI=1S/C9H14ClNOS/c1-9(2,11)6-13-5-7-3-4-8(10)12-7/h3-4H,5-6,11H2,1-2H3. The van der Waals surface area contributed by atoms with E-state index in [1.54, 1.807) is 17.8 Å². The lowest BCUT2D eigenvalue weighted by atomic mass is 10.1. The van der Waals surface area contributed by atoms with Gasteiger partial charge in [-0.05, 0) is 37.6 Å². The van der Waals surface area contributed by atoms with Gasteiger partial charge in [-0.3, -0.25) is 0 Å². The first-order valence-electron chi connectivity index (χ1n) is 4.08. The van der Waals surface area contributed by atoms with Crippen LogP contribution in [-0.4, -0.2) is 11.3 Å². The fourth-order valence-corrected chi connectivity index (χ4v) is 1.99. The summed E-state index contributed by atoms with van der Waals surface area (Å²) < 4.78 is 5.20. The van der Waals surface area contributed by atoms with Gasteiger partial charge in [0.15, 0.2) is 5.22 Å². The van der Waals surface area contributed by atoms with E-state index in [9.17, 15) is 0 Å². The molecular formula is C9H14ClNOS. The molecule has 0 radical (unpaired) electrons. The third kappa shape index (κ3) is 4.60. The third-order valence-electron chi connectivity index (χ3n) is 1.35. The third-order valence-corrected chi connectivity index (χ3v) is 2.99. The number of nitrogens with two attached hydrogens (primary N) is 1. The first-order valence-corrected chi connectivity index (χ1v) is 5.61. The Morgan fingerprint density at radius 1 is 1.54 bits per heavy atom. The fourth-order valence-electron chi connectivity index (χ4n) is 0.844. The zero-order valence-electron chi connectivity index (χ0n) is 7.84. The molecule has 0 aliphatic carbocycles. The van der Waals surface area contributed by atoms with Gasteiger partial charge >= 0.3 is 0 Å². The topological polar surface area (TPSA) is 39.2 Å². The van der Waals surface area contributed by atoms with E-state index < -0.39 is 0 Å². The zero-order valence-corrected chi connectivity index (χ0v) is 9.41. The lowest BCUT2D eigenvalue weighted by Gasteiger charge is -2.16. The van der Waals surface area contributed by atoms with Crippen LogP contribution >= 0.6 is 23.4 Å². The summed E-state index contributed by atoms with van der Waals surface area (Å²) in [7, 11) is 0. The van der Waals surface area contributed by atoms with Crippen LogP contribution in [0.25, 0.3) is 0 Å². The monoisotopic (exact) mass is 219 g/mol. The Morgan fingerprint density at radius 3 is 2.69 bits per heavy atom. The van der Waals surface area contributed by atoms with Gasteiger partial charge in [-0.1, -0.05) is 0 Å². The van der Waals surface area contributed by atoms with Gasteiger partial charge in [-0.15, -0.1) is 0 Å². The predicted octanol–water partition coefficient (Wildman–Crippen LogP) is 2.90. The predicted molar refractivity (Wildman–Crippen MR) is 58.1 cm³/mol. The highest BCUT2D eigenvalue weighted by Gasteiger charge is 2.10. The normalized spacial score (nSPS) is 12.0. The summed E-state index contributed by atoms with van der Waals surface area (Å²) in [5, 5.41) is 0.447. The minimum absolute atomic E-state index is 0.124. The van der Waals surface area contributed by atoms with E-state index in [0.717, 1.165) is 17.3 Å². The highest BCUT2D eigenvalue weighted by atomic mass is 35.5. The summed E-state index contributed by atoms with van der Waals surface area (Å²) >= 11 is 7.38. The van der Waals surface area contributed by atoms with Crippen LogP contribution in [0.3, 0.4) is 0 Å². The molecule has 2 nitrogen and oxygen atoms in total. The van der Waals surface area contributed by atoms with Crippen molar-refractivity contribution in [3.8, 4) is 0 Å². The van der Waals surface area contributed by atoms with Crippen LogP contribution in [0.5, 0.6) is 0 Å². The molecule has 0 atom stereocenters. The average molecular weight is 220 g/mol. The minimum Gasteiger partial charge on any atom is -0.449 e. The van der Waals surface area contributed by atoms with Gasteiger partial charge in [0.1, 0.15) is 5.76 Å². The molecule has 1 aromatic heterocycles. The Bertz CT molecular complexity index is 267. The minimum atomic E-state index is -0.124. The van der Waals surface area contributed by atoms with Crippen LogP contribution in [0.2, 0.25) is 5.22 Å². The van der Waals surface area contributed by atoms with E-state index in [1.165, 1.54) is 0 Å². The maximum atomic E-state index is 5.83. The lowest BCUT2D eigenvalue weighted by Crippen LogP contribution is -2.34. The molecule has 1 rings (SSSR count). The highest BCUT2D eigenvalue weighted by molar-refractivity contribution is 7.98. The molecule has 0 aliphatic rings. The van der Waals surface area contributed by atoms with Gasteiger partial charge in [-0.25, -0.2) is 0 Å². The van der Waals surface area contributed by atoms with Gasteiger partial charge in [-0.2, -0.15) is 11.8 Å². The van der Waals surface area contributed by atoms with Gasteiger partial charge in [0.25, 0.3) is 0 Å². The Kier molecular flexibility index (Phi) is 3.71.